The van der Waals surface area contributed by atoms with E-state index in [1.807, 2.05) is 24.3 Å². The van der Waals surface area contributed by atoms with Crippen LogP contribution in [0.1, 0.15) is 5.56 Å². The van der Waals surface area contributed by atoms with Gasteiger partial charge in [-0.25, -0.2) is 0 Å². The summed E-state index contributed by atoms with van der Waals surface area (Å²) in [6.07, 6.45) is 1.63. The van der Waals surface area contributed by atoms with Gasteiger partial charge in [-0.1, -0.05) is 17.3 Å². The fourth-order valence-electron chi connectivity index (χ4n) is 1.17. The Morgan fingerprint density at radius 2 is 2.25 bits per heavy atom. The van der Waals surface area contributed by atoms with E-state index in [9.17, 15) is 4.91 Å². The quantitative estimate of drug-likeness (QED) is 0.635. The molecule has 0 unspecified atom stereocenters. The van der Waals surface area contributed by atoms with E-state index in [1.165, 1.54) is 0 Å². The minimum Gasteiger partial charge on any atom is -0.464 e. The summed E-state index contributed by atoms with van der Waals surface area (Å²) in [5.74, 6) is 0. The van der Waals surface area contributed by atoms with Crippen molar-refractivity contribution in [1.29, 1.82) is 0 Å². The number of rotatable bonds is 2. The molecule has 0 aliphatic heterocycles. The summed E-state index contributed by atoms with van der Waals surface area (Å²) >= 11 is 0. The van der Waals surface area contributed by atoms with Gasteiger partial charge in [-0.2, -0.15) is 4.91 Å². The molecule has 0 amide bonds. The van der Waals surface area contributed by atoms with Crippen LogP contribution in [0.2, 0.25) is 0 Å². The zero-order valence-corrected chi connectivity index (χ0v) is 6.36. The first kappa shape index (κ1) is 7.03. The molecule has 1 aromatic heterocycles. The molecule has 0 bridgehead atoms. The highest BCUT2D eigenvalue weighted by Crippen LogP contribution is 2.17. The van der Waals surface area contributed by atoms with Gasteiger partial charge in [0, 0.05) is 5.39 Å². The van der Waals surface area contributed by atoms with Gasteiger partial charge in [0.1, 0.15) is 12.1 Å². The summed E-state index contributed by atoms with van der Waals surface area (Å²) in [5.41, 5.74) is 1.68. The van der Waals surface area contributed by atoms with Crippen molar-refractivity contribution in [2.45, 2.75) is 6.54 Å². The Labute approximate surface area is 69.0 Å². The van der Waals surface area contributed by atoms with Crippen LogP contribution in [-0.4, -0.2) is 0 Å². The van der Waals surface area contributed by atoms with Crippen molar-refractivity contribution in [2.24, 2.45) is 5.18 Å². The molecule has 1 heterocycles. The van der Waals surface area contributed by atoms with Gasteiger partial charge < -0.3 is 4.42 Å². The third kappa shape index (κ3) is 1.09. The SMILES string of the molecule is O=NCc1ccc2ccoc2c1. The summed E-state index contributed by atoms with van der Waals surface area (Å²) < 4.78 is 5.16. The number of furan rings is 1. The Balaban J connectivity index is 2.52. The van der Waals surface area contributed by atoms with Crippen LogP contribution in [0.15, 0.2) is 40.1 Å². The zero-order valence-electron chi connectivity index (χ0n) is 6.36. The van der Waals surface area contributed by atoms with Crippen LogP contribution in [0.25, 0.3) is 11.0 Å². The van der Waals surface area contributed by atoms with E-state index in [4.69, 9.17) is 4.42 Å². The second kappa shape index (κ2) is 2.77. The number of nitroso groups, excluding NO2 is 1. The Morgan fingerprint density at radius 3 is 3.08 bits per heavy atom. The predicted octanol–water partition coefficient (Wildman–Crippen LogP) is 2.70. The minimum absolute atomic E-state index is 0.205. The first-order valence-corrected chi connectivity index (χ1v) is 3.65. The molecule has 2 aromatic rings. The standard InChI is InChI=1S/C9H7NO2/c11-10-6-7-1-2-8-3-4-12-9(8)5-7/h1-5H,6H2. The molecule has 0 saturated heterocycles. The Bertz CT molecular complexity index is 406. The van der Waals surface area contributed by atoms with E-state index in [0.29, 0.717) is 0 Å². The minimum atomic E-state index is 0.205. The lowest BCUT2D eigenvalue weighted by molar-refractivity contribution is 0.615. The highest BCUT2D eigenvalue weighted by molar-refractivity contribution is 5.77. The number of nitrogens with zero attached hydrogens (tertiary/aromatic N) is 1. The van der Waals surface area contributed by atoms with Crippen molar-refractivity contribution >= 4 is 11.0 Å². The van der Waals surface area contributed by atoms with Gasteiger partial charge in [-0.05, 0) is 17.7 Å². The topological polar surface area (TPSA) is 42.6 Å². The van der Waals surface area contributed by atoms with Gasteiger partial charge in [0.15, 0.2) is 0 Å². The van der Waals surface area contributed by atoms with Crippen molar-refractivity contribution in [2.75, 3.05) is 0 Å². The molecule has 12 heavy (non-hydrogen) atoms. The van der Waals surface area contributed by atoms with E-state index in [-0.39, 0.29) is 6.54 Å². The third-order valence-electron chi connectivity index (χ3n) is 1.77. The van der Waals surface area contributed by atoms with Crippen LogP contribution >= 0.6 is 0 Å². The maximum atomic E-state index is 9.97. The second-order valence-electron chi connectivity index (χ2n) is 2.58. The maximum Gasteiger partial charge on any atom is 0.134 e. The normalized spacial score (nSPS) is 10.3. The molecule has 0 aliphatic carbocycles. The average molecular weight is 161 g/mol. The van der Waals surface area contributed by atoms with Crippen LogP contribution in [0.4, 0.5) is 0 Å². The molecule has 0 spiro atoms. The third-order valence-corrected chi connectivity index (χ3v) is 1.77. The Morgan fingerprint density at radius 1 is 1.33 bits per heavy atom. The highest BCUT2D eigenvalue weighted by atomic mass is 16.3. The first-order valence-electron chi connectivity index (χ1n) is 3.65. The van der Waals surface area contributed by atoms with E-state index in [2.05, 4.69) is 5.18 Å². The van der Waals surface area contributed by atoms with Gasteiger partial charge in [-0.15, -0.1) is 0 Å². The number of hydrogen-bond acceptors (Lipinski definition) is 3. The van der Waals surface area contributed by atoms with E-state index in [0.717, 1.165) is 16.5 Å². The Hall–Kier alpha value is -1.64. The van der Waals surface area contributed by atoms with Crippen molar-refractivity contribution in [3.05, 3.63) is 41.0 Å². The summed E-state index contributed by atoms with van der Waals surface area (Å²) in [6, 6.07) is 7.50. The van der Waals surface area contributed by atoms with Crippen molar-refractivity contribution in [3.63, 3.8) is 0 Å². The van der Waals surface area contributed by atoms with Crippen LogP contribution in [0.3, 0.4) is 0 Å². The lowest BCUT2D eigenvalue weighted by Crippen LogP contribution is -1.77. The molecule has 0 fully saturated rings. The molecule has 0 atom stereocenters. The molecule has 0 radical (unpaired) electrons. The van der Waals surface area contributed by atoms with E-state index < -0.39 is 0 Å². The summed E-state index contributed by atoms with van der Waals surface area (Å²) in [7, 11) is 0. The van der Waals surface area contributed by atoms with Crippen LogP contribution in [-0.2, 0) is 6.54 Å². The van der Waals surface area contributed by atoms with Gasteiger partial charge in [0.2, 0.25) is 0 Å². The van der Waals surface area contributed by atoms with Crippen molar-refractivity contribution in [3.8, 4) is 0 Å². The van der Waals surface area contributed by atoms with Gasteiger partial charge in [0.25, 0.3) is 0 Å². The number of benzene rings is 1. The molecule has 0 N–H and O–H groups in total. The molecule has 0 aliphatic rings. The molecular formula is C9H7NO2. The smallest absolute Gasteiger partial charge is 0.134 e. The summed E-state index contributed by atoms with van der Waals surface area (Å²) in [5, 5.41) is 3.85. The van der Waals surface area contributed by atoms with E-state index in [1.54, 1.807) is 6.26 Å². The fraction of sp³-hybridized carbons (Fsp3) is 0.111. The fourth-order valence-corrected chi connectivity index (χ4v) is 1.17. The Kier molecular flexibility index (Phi) is 1.63. The molecule has 2 rings (SSSR count). The molecule has 3 heteroatoms. The van der Waals surface area contributed by atoms with Gasteiger partial charge in [-0.3, -0.25) is 0 Å². The van der Waals surface area contributed by atoms with Gasteiger partial charge >= 0.3 is 0 Å². The molecule has 3 nitrogen and oxygen atoms in total. The molecule has 60 valence electrons. The van der Waals surface area contributed by atoms with Crippen LogP contribution < -0.4 is 0 Å². The lowest BCUT2D eigenvalue weighted by Gasteiger charge is -1.92. The second-order valence-corrected chi connectivity index (χ2v) is 2.58. The first-order chi connectivity index (χ1) is 5.90. The van der Waals surface area contributed by atoms with Crippen molar-refractivity contribution < 1.29 is 4.42 Å². The maximum absolute atomic E-state index is 9.97. The predicted molar refractivity (Wildman–Crippen MR) is 45.7 cm³/mol. The van der Waals surface area contributed by atoms with Gasteiger partial charge in [0.05, 0.1) is 6.26 Å². The number of hydrogen-bond donors (Lipinski definition) is 0. The zero-order chi connectivity index (χ0) is 8.39. The largest absolute Gasteiger partial charge is 0.464 e. The summed E-state index contributed by atoms with van der Waals surface area (Å²) in [4.78, 5) is 9.97. The monoisotopic (exact) mass is 161 g/mol. The van der Waals surface area contributed by atoms with Crippen LogP contribution in [0.5, 0.6) is 0 Å². The summed E-state index contributed by atoms with van der Waals surface area (Å²) in [6.45, 7) is 0.205. The van der Waals surface area contributed by atoms with E-state index >= 15 is 0 Å². The average Bonchev–Trinajstić information content (AvgIpc) is 2.51. The lowest BCUT2D eigenvalue weighted by atomic mass is 10.2. The molecular weight excluding hydrogens is 154 g/mol. The molecule has 1 aromatic carbocycles. The molecule has 0 saturated carbocycles. The number of fused-ring (bicyclic) bond motifs is 1. The van der Waals surface area contributed by atoms with Crippen molar-refractivity contribution in [1.82, 2.24) is 0 Å². The van der Waals surface area contributed by atoms with Crippen LogP contribution in [0, 0.1) is 4.91 Å². The highest BCUT2D eigenvalue weighted by Gasteiger charge is 1.97.